The first-order valence-electron chi connectivity index (χ1n) is 12.1. The van der Waals surface area contributed by atoms with Crippen LogP contribution in [0.5, 0.6) is 5.75 Å². The molecule has 0 radical (unpaired) electrons. The zero-order valence-electron chi connectivity index (χ0n) is 21.1. The quantitative estimate of drug-likeness (QED) is 0.394. The summed E-state index contributed by atoms with van der Waals surface area (Å²) < 4.78 is 45.5. The van der Waals surface area contributed by atoms with Gasteiger partial charge in [0.25, 0.3) is 5.91 Å². The lowest BCUT2D eigenvalue weighted by atomic mass is 10.1. The molecule has 38 heavy (non-hydrogen) atoms. The molecule has 1 atom stereocenters. The Kier molecular flexibility index (Phi) is 8.76. The molecule has 3 aromatic rings. The van der Waals surface area contributed by atoms with E-state index in [1.54, 1.807) is 30.5 Å². The lowest BCUT2D eigenvalue weighted by molar-refractivity contribution is -0.137. The van der Waals surface area contributed by atoms with Crippen LogP contribution in [0.15, 0.2) is 60.8 Å². The molecule has 0 spiro atoms. The first-order valence-corrected chi connectivity index (χ1v) is 12.5. The van der Waals surface area contributed by atoms with E-state index in [1.807, 2.05) is 19.1 Å². The highest BCUT2D eigenvalue weighted by molar-refractivity contribution is 6.31. The molecule has 1 fully saturated rings. The highest BCUT2D eigenvalue weighted by Gasteiger charge is 2.33. The second-order valence-electron chi connectivity index (χ2n) is 9.16. The Morgan fingerprint density at radius 2 is 1.87 bits per heavy atom. The maximum atomic E-state index is 13.1. The average molecular weight is 548 g/mol. The largest absolute Gasteiger partial charge is 0.486 e. The fourth-order valence-electron chi connectivity index (χ4n) is 4.01. The van der Waals surface area contributed by atoms with Gasteiger partial charge in [-0.3, -0.25) is 4.79 Å². The number of hydrazine groups is 1. The van der Waals surface area contributed by atoms with Gasteiger partial charge in [-0.15, -0.1) is 0 Å². The number of pyridine rings is 1. The van der Waals surface area contributed by atoms with Gasteiger partial charge in [0.15, 0.2) is 0 Å². The Balaban J connectivity index is 1.36. The summed E-state index contributed by atoms with van der Waals surface area (Å²) in [5.74, 6) is 0.899. The second-order valence-corrected chi connectivity index (χ2v) is 9.57. The van der Waals surface area contributed by atoms with E-state index in [1.165, 1.54) is 12.1 Å². The summed E-state index contributed by atoms with van der Waals surface area (Å²) in [6.07, 6.45) is -3.27. The van der Waals surface area contributed by atoms with E-state index in [9.17, 15) is 18.0 Å². The molecule has 2 N–H and O–H groups in total. The third kappa shape index (κ3) is 7.37. The predicted octanol–water partition coefficient (Wildman–Crippen LogP) is 5.40. The van der Waals surface area contributed by atoms with Gasteiger partial charge in [0, 0.05) is 50.6 Å². The summed E-state index contributed by atoms with van der Waals surface area (Å²) in [5, 5.41) is 4.40. The van der Waals surface area contributed by atoms with Gasteiger partial charge in [-0.2, -0.15) is 13.2 Å². The predicted molar refractivity (Wildman–Crippen MR) is 140 cm³/mol. The molecule has 1 aromatic heterocycles. The lowest BCUT2D eigenvalue weighted by Gasteiger charge is -2.32. The number of halogens is 4. The molecule has 1 aliphatic heterocycles. The average Bonchev–Trinajstić information content (AvgIpc) is 2.89. The molecule has 11 heteroatoms. The molecule has 0 bridgehead atoms. The van der Waals surface area contributed by atoms with Crippen LogP contribution >= 0.6 is 11.6 Å². The number of likely N-dealkylation sites (N-methyl/N-ethyl adjacent to an activating group) is 1. The van der Waals surface area contributed by atoms with Crippen LogP contribution in [0.2, 0.25) is 5.02 Å². The summed E-state index contributed by atoms with van der Waals surface area (Å²) in [6, 6.07) is 14.1. The van der Waals surface area contributed by atoms with E-state index in [0.29, 0.717) is 22.7 Å². The lowest BCUT2D eigenvalue weighted by Crippen LogP contribution is -2.47. The third-order valence-electron chi connectivity index (χ3n) is 6.23. The monoisotopic (exact) mass is 547 g/mol. The van der Waals surface area contributed by atoms with Gasteiger partial charge in [-0.25, -0.2) is 9.99 Å². The van der Waals surface area contributed by atoms with Crippen LogP contribution in [0.4, 0.5) is 19.0 Å². The number of anilines is 1. The van der Waals surface area contributed by atoms with Gasteiger partial charge in [0.05, 0.1) is 10.6 Å². The molecule has 2 heterocycles. The first-order chi connectivity index (χ1) is 18.1. The summed E-state index contributed by atoms with van der Waals surface area (Å²) >= 11 is 5.67. The minimum atomic E-state index is -4.57. The van der Waals surface area contributed by atoms with Crippen molar-refractivity contribution in [2.24, 2.45) is 0 Å². The van der Waals surface area contributed by atoms with Crippen LogP contribution in [-0.4, -0.2) is 54.0 Å². The Hall–Kier alpha value is -3.34. The molecule has 1 saturated heterocycles. The fourth-order valence-corrected chi connectivity index (χ4v) is 4.24. The number of carbonyl (C=O) groups is 1. The van der Waals surface area contributed by atoms with E-state index < -0.39 is 17.6 Å². The zero-order chi connectivity index (χ0) is 27.3. The Morgan fingerprint density at radius 1 is 1.11 bits per heavy atom. The van der Waals surface area contributed by atoms with Gasteiger partial charge in [0.2, 0.25) is 0 Å². The minimum Gasteiger partial charge on any atom is -0.486 e. The number of rotatable bonds is 8. The van der Waals surface area contributed by atoms with Gasteiger partial charge in [0.1, 0.15) is 17.7 Å². The standard InChI is InChI=1S/C27H29ClF3N5O2/c1-18(38-22-8-9-32-25(16-22)34-36-12-10-35(2)11-13-36)20-4-3-5-21(15-20)26(37)33-17-19-6-7-24(28)23(14-19)27(29,30)31/h3-9,14-16,18H,10-13,17H2,1-2H3,(H,32,34)(H,33,37). The molecule has 0 aliphatic carbocycles. The maximum Gasteiger partial charge on any atom is 0.417 e. The van der Waals surface area contributed by atoms with Crippen molar-refractivity contribution in [2.45, 2.75) is 25.7 Å². The van der Waals surface area contributed by atoms with Crippen LogP contribution in [0.25, 0.3) is 0 Å². The number of ether oxygens (including phenoxy) is 1. The SMILES string of the molecule is CC(Oc1ccnc(NN2CCN(C)CC2)c1)c1cccc(C(=O)NCc2ccc(Cl)c(C(F)(F)F)c2)c1. The number of carbonyl (C=O) groups excluding carboxylic acids is 1. The van der Waals surface area contributed by atoms with Gasteiger partial charge in [-0.1, -0.05) is 29.8 Å². The van der Waals surface area contributed by atoms with E-state index in [2.05, 4.69) is 32.7 Å². The summed E-state index contributed by atoms with van der Waals surface area (Å²) in [6.45, 7) is 5.51. The normalized spacial score (nSPS) is 15.6. The van der Waals surface area contributed by atoms with Crippen molar-refractivity contribution in [1.29, 1.82) is 0 Å². The smallest absolute Gasteiger partial charge is 0.417 e. The number of hydrogen-bond donors (Lipinski definition) is 2. The van der Waals surface area contributed by atoms with Crippen LogP contribution in [-0.2, 0) is 12.7 Å². The first kappa shape index (κ1) is 27.7. The van der Waals surface area contributed by atoms with Crippen LogP contribution in [0.3, 0.4) is 0 Å². The van der Waals surface area contributed by atoms with Crippen LogP contribution in [0.1, 0.15) is 40.1 Å². The minimum absolute atomic E-state index is 0.0739. The van der Waals surface area contributed by atoms with Crippen molar-refractivity contribution >= 4 is 23.3 Å². The molecule has 2 aromatic carbocycles. The van der Waals surface area contributed by atoms with E-state index in [-0.39, 0.29) is 17.7 Å². The molecule has 202 valence electrons. The highest BCUT2D eigenvalue weighted by atomic mass is 35.5. The number of nitrogens with zero attached hydrogens (tertiary/aromatic N) is 3. The van der Waals surface area contributed by atoms with Crippen molar-refractivity contribution in [3.8, 4) is 5.75 Å². The van der Waals surface area contributed by atoms with Crippen molar-refractivity contribution in [1.82, 2.24) is 20.2 Å². The van der Waals surface area contributed by atoms with Crippen molar-refractivity contribution in [3.05, 3.63) is 88.1 Å². The number of aromatic nitrogens is 1. The number of hydrogen-bond acceptors (Lipinski definition) is 6. The van der Waals surface area contributed by atoms with Crippen molar-refractivity contribution in [3.63, 3.8) is 0 Å². The molecule has 4 rings (SSSR count). The molecule has 1 aliphatic rings. The molecular weight excluding hydrogens is 519 g/mol. The number of amides is 1. The van der Waals surface area contributed by atoms with E-state index in [0.717, 1.165) is 37.8 Å². The van der Waals surface area contributed by atoms with Crippen molar-refractivity contribution < 1.29 is 22.7 Å². The molecule has 0 saturated carbocycles. The van der Waals surface area contributed by atoms with Crippen molar-refractivity contribution in [2.75, 3.05) is 38.7 Å². The van der Waals surface area contributed by atoms with E-state index in [4.69, 9.17) is 16.3 Å². The molecule has 1 unspecified atom stereocenters. The summed E-state index contributed by atoms with van der Waals surface area (Å²) in [7, 11) is 2.09. The second kappa shape index (κ2) is 12.0. The van der Waals surface area contributed by atoms with Crippen LogP contribution < -0.4 is 15.5 Å². The maximum absolute atomic E-state index is 13.1. The fraction of sp³-hybridized carbons (Fsp3) is 0.333. The highest BCUT2D eigenvalue weighted by Crippen LogP contribution is 2.35. The summed E-state index contributed by atoms with van der Waals surface area (Å²) in [5.41, 5.74) is 3.82. The molecular formula is C27H29ClF3N5O2. The number of nitrogens with one attached hydrogen (secondary N) is 2. The Labute approximate surface area is 224 Å². The van der Waals surface area contributed by atoms with E-state index >= 15 is 0 Å². The topological polar surface area (TPSA) is 69.7 Å². The number of benzene rings is 2. The van der Waals surface area contributed by atoms with Gasteiger partial charge >= 0.3 is 6.18 Å². The Bertz CT molecular complexity index is 1270. The third-order valence-corrected chi connectivity index (χ3v) is 6.56. The Morgan fingerprint density at radius 3 is 2.61 bits per heavy atom. The van der Waals surface area contributed by atoms with Gasteiger partial charge in [-0.05, 0) is 55.4 Å². The zero-order valence-corrected chi connectivity index (χ0v) is 21.8. The number of piperazine rings is 1. The van der Waals surface area contributed by atoms with Crippen LogP contribution in [0, 0.1) is 0 Å². The molecule has 7 nitrogen and oxygen atoms in total. The summed E-state index contributed by atoms with van der Waals surface area (Å²) in [4.78, 5) is 19.4. The van der Waals surface area contributed by atoms with Gasteiger partial charge < -0.3 is 20.4 Å². The molecule has 1 amide bonds. The number of alkyl halides is 3.